The summed E-state index contributed by atoms with van der Waals surface area (Å²) >= 11 is 0. The fraction of sp³-hybridized carbons (Fsp3) is 0.524. The molecule has 0 saturated carbocycles. The van der Waals surface area contributed by atoms with Gasteiger partial charge in [-0.05, 0) is 0 Å². The number of rotatable bonds is 2. The molecule has 0 aliphatic carbocycles. The van der Waals surface area contributed by atoms with Gasteiger partial charge in [-0.25, -0.2) is 4.79 Å². The van der Waals surface area contributed by atoms with Crippen LogP contribution in [0.2, 0.25) is 0 Å². The number of carbonyl (C=O) groups excluding carboxylic acids is 2. The number of esters is 2. The second-order valence-corrected chi connectivity index (χ2v) is 7.05. The number of ether oxygens (including phenoxy) is 7. The van der Waals surface area contributed by atoms with Crippen LogP contribution in [-0.2, 0) is 42.7 Å². The highest BCUT2D eigenvalue weighted by atomic mass is 16.8. The first kappa shape index (κ1) is 21.0. The molecule has 3 aliphatic heterocycles. The van der Waals surface area contributed by atoms with Crippen molar-refractivity contribution < 1.29 is 42.7 Å². The van der Waals surface area contributed by atoms with Gasteiger partial charge in [0, 0.05) is 12.7 Å². The molecular weight excluding hydrogens is 396 g/mol. The Morgan fingerprint density at radius 3 is 2.53 bits per heavy atom. The number of fused-ring (bicyclic) bond motifs is 3. The molecule has 1 aromatic carbocycles. The van der Waals surface area contributed by atoms with Gasteiger partial charge in [-0.3, -0.25) is 4.79 Å². The zero-order valence-electron chi connectivity index (χ0n) is 16.5. The van der Waals surface area contributed by atoms with Crippen molar-refractivity contribution in [2.45, 2.75) is 43.4 Å². The zero-order chi connectivity index (χ0) is 20.9. The fourth-order valence-electron chi connectivity index (χ4n) is 3.62. The van der Waals surface area contributed by atoms with Crippen LogP contribution in [-0.4, -0.2) is 69.6 Å². The molecule has 0 N–H and O–H groups in total. The summed E-state index contributed by atoms with van der Waals surface area (Å²) in [4.78, 5) is 24.7. The molecule has 6 atom stereocenters. The second kappa shape index (κ2) is 9.67. The summed E-state index contributed by atoms with van der Waals surface area (Å²) < 4.78 is 39.7. The first-order valence-corrected chi connectivity index (χ1v) is 9.77. The van der Waals surface area contributed by atoms with E-state index in [2.05, 4.69) is 0 Å². The molecule has 0 radical (unpaired) electrons. The Balaban J connectivity index is 1.61. The predicted molar refractivity (Wildman–Crippen MR) is 100 cm³/mol. The van der Waals surface area contributed by atoms with Crippen LogP contribution in [0.25, 0.3) is 0 Å². The smallest absolute Gasteiger partial charge is 0.332 e. The molecule has 1 unspecified atom stereocenters. The third-order valence-corrected chi connectivity index (χ3v) is 5.01. The molecule has 3 aliphatic rings. The lowest BCUT2D eigenvalue weighted by molar-refractivity contribution is -0.359. The van der Waals surface area contributed by atoms with E-state index in [0.29, 0.717) is 0 Å². The van der Waals surface area contributed by atoms with Crippen LogP contribution in [0.3, 0.4) is 0 Å². The third-order valence-electron chi connectivity index (χ3n) is 5.01. The van der Waals surface area contributed by atoms with Crippen LogP contribution in [0.15, 0.2) is 42.5 Å². The van der Waals surface area contributed by atoms with Gasteiger partial charge in [-0.15, -0.1) is 0 Å². The number of methoxy groups -OCH3 is 1. The average molecular weight is 420 g/mol. The van der Waals surface area contributed by atoms with Crippen molar-refractivity contribution in [2.24, 2.45) is 0 Å². The Kier molecular flexibility index (Phi) is 6.76. The normalized spacial score (nSPS) is 35.1. The molecule has 0 spiro atoms. The molecule has 9 nitrogen and oxygen atoms in total. The maximum Gasteiger partial charge on any atom is 0.332 e. The maximum atomic E-state index is 12.4. The highest BCUT2D eigenvalue weighted by molar-refractivity contribution is 5.72. The van der Waals surface area contributed by atoms with E-state index in [1.54, 1.807) is 12.2 Å². The Hall–Kier alpha value is -2.30. The number of hydrogen-bond donors (Lipinski definition) is 0. The zero-order valence-corrected chi connectivity index (χ0v) is 16.5. The Bertz CT molecular complexity index is 765. The van der Waals surface area contributed by atoms with Crippen molar-refractivity contribution >= 4 is 11.9 Å². The van der Waals surface area contributed by atoms with Gasteiger partial charge in [0.05, 0.1) is 19.6 Å². The van der Waals surface area contributed by atoms with Gasteiger partial charge in [-0.2, -0.15) is 0 Å². The lowest BCUT2D eigenvalue weighted by Gasteiger charge is -2.47. The quantitative estimate of drug-likeness (QED) is 0.517. The van der Waals surface area contributed by atoms with Gasteiger partial charge >= 0.3 is 11.9 Å². The first-order chi connectivity index (χ1) is 14.7. The van der Waals surface area contributed by atoms with E-state index in [-0.39, 0.29) is 26.2 Å². The molecule has 1 aromatic rings. The van der Waals surface area contributed by atoms with Gasteiger partial charge < -0.3 is 33.2 Å². The topological polar surface area (TPSA) is 98.8 Å². The summed E-state index contributed by atoms with van der Waals surface area (Å²) in [5, 5.41) is 0. The van der Waals surface area contributed by atoms with E-state index in [0.717, 1.165) is 5.56 Å². The van der Waals surface area contributed by atoms with Crippen LogP contribution in [0.4, 0.5) is 0 Å². The van der Waals surface area contributed by atoms with E-state index in [1.807, 2.05) is 30.3 Å². The summed E-state index contributed by atoms with van der Waals surface area (Å²) in [6.45, 7) is 0.140. The number of hydrogen-bond acceptors (Lipinski definition) is 9. The molecule has 162 valence electrons. The molecule has 0 bridgehead atoms. The van der Waals surface area contributed by atoms with Crippen molar-refractivity contribution in [3.05, 3.63) is 48.0 Å². The van der Waals surface area contributed by atoms with Crippen molar-refractivity contribution in [1.82, 2.24) is 0 Å². The number of benzene rings is 1. The fourth-order valence-corrected chi connectivity index (χ4v) is 3.62. The molecule has 0 amide bonds. The van der Waals surface area contributed by atoms with Crippen molar-refractivity contribution in [2.75, 3.05) is 26.9 Å². The van der Waals surface area contributed by atoms with Crippen LogP contribution < -0.4 is 0 Å². The summed E-state index contributed by atoms with van der Waals surface area (Å²) in [6, 6.07) is 9.38. The van der Waals surface area contributed by atoms with Crippen LogP contribution in [0.1, 0.15) is 18.3 Å². The van der Waals surface area contributed by atoms with E-state index in [4.69, 9.17) is 33.2 Å². The van der Waals surface area contributed by atoms with Gasteiger partial charge in [0.2, 0.25) is 0 Å². The number of carbonyl (C=O) groups is 2. The van der Waals surface area contributed by atoms with Gasteiger partial charge in [0.25, 0.3) is 0 Å². The maximum absolute atomic E-state index is 12.4. The average Bonchev–Trinajstić information content (AvgIpc) is 2.76. The minimum Gasteiger partial charge on any atom is -0.454 e. The second-order valence-electron chi connectivity index (χ2n) is 7.05. The van der Waals surface area contributed by atoms with Crippen LogP contribution in [0, 0.1) is 0 Å². The summed E-state index contributed by atoms with van der Waals surface area (Å²) in [6.07, 6.45) is -1.57. The van der Waals surface area contributed by atoms with Crippen molar-refractivity contribution in [3.63, 3.8) is 0 Å². The molecule has 2 saturated heterocycles. The monoisotopic (exact) mass is 420 g/mol. The van der Waals surface area contributed by atoms with Gasteiger partial charge in [-0.1, -0.05) is 42.5 Å². The molecule has 4 rings (SSSR count). The minimum absolute atomic E-state index is 0.0433. The highest BCUT2D eigenvalue weighted by Crippen LogP contribution is 2.36. The Morgan fingerprint density at radius 1 is 0.933 bits per heavy atom. The van der Waals surface area contributed by atoms with Crippen LogP contribution in [0.5, 0.6) is 0 Å². The Morgan fingerprint density at radius 2 is 1.73 bits per heavy atom. The van der Waals surface area contributed by atoms with E-state index in [1.165, 1.54) is 7.11 Å². The van der Waals surface area contributed by atoms with E-state index in [9.17, 15) is 9.59 Å². The molecule has 0 aromatic heterocycles. The minimum atomic E-state index is -1.00. The molecule has 9 heteroatoms. The van der Waals surface area contributed by atoms with E-state index >= 15 is 0 Å². The van der Waals surface area contributed by atoms with Crippen LogP contribution >= 0.6 is 0 Å². The van der Waals surface area contributed by atoms with Crippen molar-refractivity contribution in [3.8, 4) is 0 Å². The molecule has 2 fully saturated rings. The van der Waals surface area contributed by atoms with Gasteiger partial charge in [0.1, 0.15) is 18.8 Å². The van der Waals surface area contributed by atoms with E-state index < -0.39 is 48.9 Å². The standard InChI is InChI=1S/C21H24O9/c1-24-21-19-18(29-16(23)12-25-10-6-5-9-15(22)28-19)17-14(27-21)11-26-20(30-17)13-7-3-2-4-8-13/h2-8,14,17-21H,9-12H2,1H3/t14-,17-,18+,19-,20?,21+/m1/s1. The summed E-state index contributed by atoms with van der Waals surface area (Å²) in [5.41, 5.74) is 0.811. The predicted octanol–water partition coefficient (Wildman–Crippen LogP) is 1.27. The largest absolute Gasteiger partial charge is 0.454 e. The lowest BCUT2D eigenvalue weighted by atomic mass is 9.97. The molecular formula is C21H24O9. The first-order valence-electron chi connectivity index (χ1n) is 9.77. The van der Waals surface area contributed by atoms with Gasteiger partial charge in [0.15, 0.2) is 24.8 Å². The molecule has 3 heterocycles. The van der Waals surface area contributed by atoms with Crippen molar-refractivity contribution in [1.29, 1.82) is 0 Å². The summed E-state index contributed by atoms with van der Waals surface area (Å²) in [7, 11) is 1.42. The highest BCUT2D eigenvalue weighted by Gasteiger charge is 2.54. The lowest BCUT2D eigenvalue weighted by Crippen LogP contribution is -2.64. The Labute approximate surface area is 173 Å². The third kappa shape index (κ3) is 4.71. The molecule has 30 heavy (non-hydrogen) atoms. The SMILES string of the molecule is CO[C@H]1O[C@@H]2COC(c3ccccc3)O[C@H]2[C@@H]2OC(=O)COCC=CCC(=O)O[C@@H]12. The summed E-state index contributed by atoms with van der Waals surface area (Å²) in [5.74, 6) is -1.11.